The first kappa shape index (κ1) is 13.6. The summed E-state index contributed by atoms with van der Waals surface area (Å²) in [6.45, 7) is 1.63. The number of amides is 1. The lowest BCUT2D eigenvalue weighted by atomic mass is 10.2. The molecule has 102 valence electrons. The van der Waals surface area contributed by atoms with Crippen LogP contribution < -0.4 is 11.1 Å². The van der Waals surface area contributed by atoms with Crippen LogP contribution in [0.1, 0.15) is 21.7 Å². The minimum Gasteiger partial charge on any atom is -0.310 e. The number of hydrazone groups is 1. The number of aromatic nitrogens is 2. The third kappa shape index (κ3) is 3.35. The van der Waals surface area contributed by atoms with Crippen LogP contribution in [0.5, 0.6) is 0 Å². The van der Waals surface area contributed by atoms with Crippen molar-refractivity contribution < 1.29 is 9.18 Å². The molecule has 0 aliphatic rings. The van der Waals surface area contributed by atoms with Crippen LogP contribution in [0, 0.1) is 12.7 Å². The van der Waals surface area contributed by atoms with Crippen molar-refractivity contribution in [1.82, 2.24) is 15.4 Å². The summed E-state index contributed by atoms with van der Waals surface area (Å²) in [5.74, 6) is -1.09. The normalized spacial score (nSPS) is 10.7. The SMILES string of the molecule is Cc1cc(C(=O)N/N=C/c2ccccc2F)nc(=O)[nH]1. The number of H-pyrrole nitrogens is 1. The topological polar surface area (TPSA) is 87.2 Å². The second-order valence-corrected chi connectivity index (χ2v) is 3.98. The molecular weight excluding hydrogens is 263 g/mol. The molecule has 2 aromatic rings. The fourth-order valence-corrected chi connectivity index (χ4v) is 1.49. The van der Waals surface area contributed by atoms with Gasteiger partial charge in [0.05, 0.1) is 6.21 Å². The van der Waals surface area contributed by atoms with Crippen molar-refractivity contribution in [2.24, 2.45) is 5.10 Å². The monoisotopic (exact) mass is 274 g/mol. The fraction of sp³-hybridized carbons (Fsp3) is 0.0769. The van der Waals surface area contributed by atoms with E-state index in [0.717, 1.165) is 0 Å². The molecule has 0 radical (unpaired) electrons. The highest BCUT2D eigenvalue weighted by Gasteiger charge is 2.07. The van der Waals surface area contributed by atoms with Crippen molar-refractivity contribution in [2.45, 2.75) is 6.92 Å². The molecule has 1 amide bonds. The average molecular weight is 274 g/mol. The largest absolute Gasteiger partial charge is 0.345 e. The highest BCUT2D eigenvalue weighted by Crippen LogP contribution is 2.02. The van der Waals surface area contributed by atoms with Crippen LogP contribution in [0.4, 0.5) is 4.39 Å². The number of hydrogen-bond donors (Lipinski definition) is 2. The lowest BCUT2D eigenvalue weighted by Gasteiger charge is -2.00. The second-order valence-electron chi connectivity index (χ2n) is 3.98. The molecule has 20 heavy (non-hydrogen) atoms. The Morgan fingerprint density at radius 2 is 2.20 bits per heavy atom. The quantitative estimate of drug-likeness (QED) is 0.646. The van der Waals surface area contributed by atoms with Crippen molar-refractivity contribution in [1.29, 1.82) is 0 Å². The van der Waals surface area contributed by atoms with E-state index >= 15 is 0 Å². The molecule has 0 saturated heterocycles. The van der Waals surface area contributed by atoms with Gasteiger partial charge in [-0.1, -0.05) is 18.2 Å². The van der Waals surface area contributed by atoms with Gasteiger partial charge in [0.1, 0.15) is 11.5 Å². The van der Waals surface area contributed by atoms with Crippen LogP contribution in [0.15, 0.2) is 40.2 Å². The molecule has 1 heterocycles. The van der Waals surface area contributed by atoms with Crippen LogP contribution in [-0.2, 0) is 0 Å². The van der Waals surface area contributed by atoms with Crippen LogP contribution in [0.2, 0.25) is 0 Å². The summed E-state index contributed by atoms with van der Waals surface area (Å²) in [6, 6.07) is 7.41. The molecular formula is C13H11FN4O2. The standard InChI is InChI=1S/C13H11FN4O2/c1-8-6-11(17-13(20)16-8)12(19)18-15-7-9-4-2-3-5-10(9)14/h2-7H,1H3,(H,18,19)(H,16,17,20)/b15-7+. The van der Waals surface area contributed by atoms with Crippen LogP contribution in [-0.4, -0.2) is 22.1 Å². The van der Waals surface area contributed by atoms with Gasteiger partial charge in [-0.3, -0.25) is 4.79 Å². The van der Waals surface area contributed by atoms with Crippen molar-refractivity contribution in [3.8, 4) is 0 Å². The molecule has 2 rings (SSSR count). The van der Waals surface area contributed by atoms with Gasteiger partial charge in [-0.2, -0.15) is 10.1 Å². The first-order chi connectivity index (χ1) is 9.56. The predicted octanol–water partition coefficient (Wildman–Crippen LogP) is 0.981. The van der Waals surface area contributed by atoms with Crippen molar-refractivity contribution in [2.75, 3.05) is 0 Å². The Hall–Kier alpha value is -2.83. The summed E-state index contributed by atoms with van der Waals surface area (Å²) in [5, 5.41) is 3.62. The number of halogens is 1. The van der Waals surface area contributed by atoms with Crippen molar-refractivity contribution in [3.63, 3.8) is 0 Å². The van der Waals surface area contributed by atoms with Gasteiger partial charge >= 0.3 is 5.69 Å². The minimum absolute atomic E-state index is 0.0584. The number of nitrogens with one attached hydrogen (secondary N) is 2. The molecule has 1 aromatic heterocycles. The lowest BCUT2D eigenvalue weighted by Crippen LogP contribution is -2.24. The van der Waals surface area contributed by atoms with E-state index in [0.29, 0.717) is 5.69 Å². The molecule has 0 bridgehead atoms. The number of nitrogens with zero attached hydrogens (tertiary/aromatic N) is 2. The van der Waals surface area contributed by atoms with Crippen LogP contribution in [0.25, 0.3) is 0 Å². The number of hydrogen-bond acceptors (Lipinski definition) is 4. The number of aromatic amines is 1. The molecule has 1 aromatic carbocycles. The number of benzene rings is 1. The molecule has 0 spiro atoms. The van der Waals surface area contributed by atoms with E-state index in [4.69, 9.17) is 0 Å². The Morgan fingerprint density at radius 3 is 2.90 bits per heavy atom. The Morgan fingerprint density at radius 1 is 1.45 bits per heavy atom. The zero-order chi connectivity index (χ0) is 14.5. The van der Waals surface area contributed by atoms with E-state index < -0.39 is 17.4 Å². The molecule has 6 nitrogen and oxygen atoms in total. The van der Waals surface area contributed by atoms with Crippen molar-refractivity contribution in [3.05, 3.63) is 63.6 Å². The van der Waals surface area contributed by atoms with Gasteiger partial charge in [-0.25, -0.2) is 14.6 Å². The number of aryl methyl sites for hydroxylation is 1. The van der Waals surface area contributed by atoms with Gasteiger partial charge in [0.25, 0.3) is 5.91 Å². The van der Waals surface area contributed by atoms with E-state index in [2.05, 4.69) is 20.5 Å². The van der Waals surface area contributed by atoms with Crippen LogP contribution in [0.3, 0.4) is 0 Å². The second kappa shape index (κ2) is 5.87. The van der Waals surface area contributed by atoms with Gasteiger partial charge in [0.2, 0.25) is 0 Å². The average Bonchev–Trinajstić information content (AvgIpc) is 2.39. The van der Waals surface area contributed by atoms with E-state index in [-0.39, 0.29) is 11.3 Å². The lowest BCUT2D eigenvalue weighted by molar-refractivity contribution is 0.0949. The predicted molar refractivity (Wildman–Crippen MR) is 71.1 cm³/mol. The summed E-state index contributed by atoms with van der Waals surface area (Å²) in [4.78, 5) is 28.7. The molecule has 7 heteroatoms. The summed E-state index contributed by atoms with van der Waals surface area (Å²) in [6.07, 6.45) is 1.17. The number of rotatable bonds is 3. The van der Waals surface area contributed by atoms with E-state index in [1.54, 1.807) is 19.1 Å². The van der Waals surface area contributed by atoms with Gasteiger partial charge < -0.3 is 4.98 Å². The zero-order valence-corrected chi connectivity index (χ0v) is 10.6. The third-order valence-corrected chi connectivity index (χ3v) is 2.39. The Kier molecular flexibility index (Phi) is 3.99. The van der Waals surface area contributed by atoms with Gasteiger partial charge in [-0.15, -0.1) is 0 Å². The molecule has 0 aliphatic carbocycles. The Labute approximate surface area is 113 Å². The molecule has 0 unspecified atom stereocenters. The molecule has 0 fully saturated rings. The minimum atomic E-state index is -0.646. The summed E-state index contributed by atoms with van der Waals surface area (Å²) in [7, 11) is 0. The van der Waals surface area contributed by atoms with E-state index in [1.165, 1.54) is 24.4 Å². The maximum Gasteiger partial charge on any atom is 0.345 e. The first-order valence-electron chi connectivity index (χ1n) is 5.72. The van der Waals surface area contributed by atoms with Gasteiger partial charge in [-0.05, 0) is 19.1 Å². The zero-order valence-electron chi connectivity index (χ0n) is 10.6. The summed E-state index contributed by atoms with van der Waals surface area (Å²) < 4.78 is 13.3. The highest BCUT2D eigenvalue weighted by molar-refractivity contribution is 5.93. The number of carbonyl (C=O) groups excluding carboxylic acids is 1. The summed E-state index contributed by atoms with van der Waals surface area (Å²) >= 11 is 0. The van der Waals surface area contributed by atoms with Gasteiger partial charge in [0, 0.05) is 11.3 Å². The smallest absolute Gasteiger partial charge is 0.310 e. The van der Waals surface area contributed by atoms with Crippen LogP contribution >= 0.6 is 0 Å². The molecule has 0 aliphatic heterocycles. The first-order valence-corrected chi connectivity index (χ1v) is 5.72. The molecule has 0 saturated carbocycles. The highest BCUT2D eigenvalue weighted by atomic mass is 19.1. The Bertz CT molecular complexity index is 724. The maximum absolute atomic E-state index is 13.3. The fourth-order valence-electron chi connectivity index (χ4n) is 1.49. The Balaban J connectivity index is 2.09. The molecule has 0 atom stereocenters. The molecule has 2 N–H and O–H groups in total. The number of carbonyl (C=O) groups is 1. The third-order valence-electron chi connectivity index (χ3n) is 2.39. The maximum atomic E-state index is 13.3. The van der Waals surface area contributed by atoms with E-state index in [1.807, 2.05) is 0 Å². The van der Waals surface area contributed by atoms with Gasteiger partial charge in [0.15, 0.2) is 0 Å². The summed E-state index contributed by atoms with van der Waals surface area (Å²) in [5.41, 5.74) is 2.25. The van der Waals surface area contributed by atoms with E-state index in [9.17, 15) is 14.0 Å². The van der Waals surface area contributed by atoms with Crippen molar-refractivity contribution >= 4 is 12.1 Å².